The van der Waals surface area contributed by atoms with E-state index in [1.54, 1.807) is 43.5 Å². The number of carboxylic acids is 1. The quantitative estimate of drug-likeness (QED) is 0.390. The molecule has 0 bridgehead atoms. The first-order valence-electron chi connectivity index (χ1n) is 10.7. The fourth-order valence-electron chi connectivity index (χ4n) is 4.37. The summed E-state index contributed by atoms with van der Waals surface area (Å²) in [6, 6.07) is 20.7. The second kappa shape index (κ2) is 8.72. The maximum atomic E-state index is 14.1. The average molecular weight is 473 g/mol. The number of benzene rings is 2. The molecule has 0 aliphatic carbocycles. The zero-order chi connectivity index (χ0) is 23.8. The molecule has 1 fully saturated rings. The summed E-state index contributed by atoms with van der Waals surface area (Å²) in [6.07, 6.45) is 3.62. The molecule has 2 N–H and O–H groups in total. The minimum absolute atomic E-state index is 0.199. The molecule has 4 aromatic rings. The zero-order valence-corrected chi connectivity index (χ0v) is 19.0. The lowest BCUT2D eigenvalue weighted by Crippen LogP contribution is -2.30. The van der Waals surface area contributed by atoms with E-state index in [-0.39, 0.29) is 23.5 Å². The van der Waals surface area contributed by atoms with E-state index in [9.17, 15) is 14.3 Å². The second-order valence-electron chi connectivity index (χ2n) is 8.09. The van der Waals surface area contributed by atoms with Crippen molar-refractivity contribution in [1.29, 1.82) is 0 Å². The third kappa shape index (κ3) is 3.82. The molecular formula is C26H21FN4O2S. The van der Waals surface area contributed by atoms with E-state index < -0.39 is 5.97 Å². The number of pyridine rings is 1. The van der Waals surface area contributed by atoms with Gasteiger partial charge in [-0.25, -0.2) is 9.18 Å². The fraction of sp³-hybridized carbons (Fsp3) is 0.115. The van der Waals surface area contributed by atoms with Crippen molar-refractivity contribution in [3.8, 4) is 5.69 Å². The van der Waals surface area contributed by atoms with Gasteiger partial charge in [0.05, 0.1) is 17.3 Å². The topological polar surface area (TPSA) is 70.4 Å². The summed E-state index contributed by atoms with van der Waals surface area (Å²) in [5, 5.41) is 13.4. The molecule has 8 heteroatoms. The molecule has 5 rings (SSSR count). The Morgan fingerprint density at radius 1 is 1.06 bits per heavy atom. The van der Waals surface area contributed by atoms with E-state index in [0.717, 1.165) is 17.1 Å². The van der Waals surface area contributed by atoms with Crippen LogP contribution in [-0.2, 0) is 0 Å². The first-order valence-corrected chi connectivity index (χ1v) is 11.1. The van der Waals surface area contributed by atoms with Gasteiger partial charge in [0.1, 0.15) is 11.9 Å². The van der Waals surface area contributed by atoms with Crippen molar-refractivity contribution in [2.45, 2.75) is 19.0 Å². The molecule has 1 saturated heterocycles. The number of halogens is 1. The highest BCUT2D eigenvalue weighted by Crippen LogP contribution is 2.42. The maximum Gasteiger partial charge on any atom is 0.335 e. The number of hydrogen-bond donors (Lipinski definition) is 2. The lowest BCUT2D eigenvalue weighted by molar-refractivity contribution is 0.0697. The Kier molecular flexibility index (Phi) is 5.59. The van der Waals surface area contributed by atoms with Gasteiger partial charge in [-0.05, 0) is 85.4 Å². The Hall–Kier alpha value is -4.04. The average Bonchev–Trinajstić information content (AvgIpc) is 3.46. The zero-order valence-electron chi connectivity index (χ0n) is 18.2. The number of anilines is 1. The van der Waals surface area contributed by atoms with Gasteiger partial charge in [-0.1, -0.05) is 12.1 Å². The van der Waals surface area contributed by atoms with Crippen LogP contribution in [0, 0.1) is 12.7 Å². The minimum Gasteiger partial charge on any atom is -0.478 e. The van der Waals surface area contributed by atoms with E-state index >= 15 is 0 Å². The highest BCUT2D eigenvalue weighted by molar-refractivity contribution is 7.80. The summed E-state index contributed by atoms with van der Waals surface area (Å²) in [7, 11) is 0. The molecule has 1 aliphatic rings. The van der Waals surface area contributed by atoms with Gasteiger partial charge < -0.3 is 19.9 Å². The first-order chi connectivity index (χ1) is 16.4. The highest BCUT2D eigenvalue weighted by atomic mass is 32.1. The van der Waals surface area contributed by atoms with Gasteiger partial charge in [0.15, 0.2) is 5.11 Å². The van der Waals surface area contributed by atoms with Gasteiger partial charge in [0.25, 0.3) is 0 Å². The highest BCUT2D eigenvalue weighted by Gasteiger charge is 2.42. The van der Waals surface area contributed by atoms with Crippen LogP contribution >= 0.6 is 12.2 Å². The lowest BCUT2D eigenvalue weighted by atomic mass is 10.0. The van der Waals surface area contributed by atoms with E-state index in [1.807, 2.05) is 52.1 Å². The maximum absolute atomic E-state index is 14.1. The molecule has 170 valence electrons. The van der Waals surface area contributed by atoms with Gasteiger partial charge in [-0.2, -0.15) is 0 Å². The van der Waals surface area contributed by atoms with Crippen LogP contribution in [-0.4, -0.2) is 25.7 Å². The predicted molar refractivity (Wildman–Crippen MR) is 132 cm³/mol. The summed E-state index contributed by atoms with van der Waals surface area (Å²) in [5.74, 6) is -1.28. The Morgan fingerprint density at radius 2 is 1.91 bits per heavy atom. The third-order valence-electron chi connectivity index (χ3n) is 5.97. The summed E-state index contributed by atoms with van der Waals surface area (Å²) in [6.45, 7) is 1.72. The van der Waals surface area contributed by atoms with Crippen LogP contribution in [0.15, 0.2) is 85.2 Å². The number of carboxylic acid groups (broad SMARTS) is 1. The molecule has 34 heavy (non-hydrogen) atoms. The fourth-order valence-corrected chi connectivity index (χ4v) is 4.72. The van der Waals surface area contributed by atoms with Crippen LogP contribution < -0.4 is 10.2 Å². The number of aromatic carboxylic acids is 1. The number of nitrogens with one attached hydrogen (secondary N) is 1. The van der Waals surface area contributed by atoms with Crippen molar-refractivity contribution in [1.82, 2.24) is 14.9 Å². The molecule has 3 heterocycles. The Bertz CT molecular complexity index is 1390. The molecule has 0 radical (unpaired) electrons. The Labute approximate surface area is 201 Å². The van der Waals surface area contributed by atoms with Crippen molar-refractivity contribution >= 4 is 29.0 Å². The van der Waals surface area contributed by atoms with Crippen LogP contribution in [0.3, 0.4) is 0 Å². The number of aromatic nitrogens is 2. The molecule has 0 saturated carbocycles. The minimum atomic E-state index is -0.992. The smallest absolute Gasteiger partial charge is 0.335 e. The van der Waals surface area contributed by atoms with E-state index in [2.05, 4.69) is 10.3 Å². The van der Waals surface area contributed by atoms with Crippen molar-refractivity contribution in [2.24, 2.45) is 0 Å². The Balaban J connectivity index is 1.67. The lowest BCUT2D eigenvalue weighted by Gasteiger charge is -2.29. The summed E-state index contributed by atoms with van der Waals surface area (Å²) in [4.78, 5) is 18.1. The molecule has 6 nitrogen and oxygen atoms in total. The number of nitrogens with zero attached hydrogens (tertiary/aromatic N) is 3. The van der Waals surface area contributed by atoms with Gasteiger partial charge in [-0.15, -0.1) is 0 Å². The summed E-state index contributed by atoms with van der Waals surface area (Å²) in [5.41, 5.74) is 3.88. The third-order valence-corrected chi connectivity index (χ3v) is 6.29. The normalized spacial score (nSPS) is 17.6. The van der Waals surface area contributed by atoms with Crippen LogP contribution in [0.2, 0.25) is 0 Å². The van der Waals surface area contributed by atoms with Crippen LogP contribution in [0.5, 0.6) is 0 Å². The molecule has 0 spiro atoms. The number of rotatable bonds is 5. The van der Waals surface area contributed by atoms with Crippen LogP contribution in [0.25, 0.3) is 5.69 Å². The monoisotopic (exact) mass is 472 g/mol. The first kappa shape index (κ1) is 21.8. The number of aryl methyl sites for hydroxylation is 1. The van der Waals surface area contributed by atoms with Crippen LogP contribution in [0.4, 0.5) is 10.1 Å². The van der Waals surface area contributed by atoms with Crippen molar-refractivity contribution < 1.29 is 14.3 Å². The Morgan fingerprint density at radius 3 is 2.65 bits per heavy atom. The van der Waals surface area contributed by atoms with Crippen molar-refractivity contribution in [3.63, 3.8) is 0 Å². The molecular weight excluding hydrogens is 451 g/mol. The van der Waals surface area contributed by atoms with Crippen molar-refractivity contribution in [3.05, 3.63) is 114 Å². The SMILES string of the molecule is Cc1cc(N2C(=S)N[C@@H](c3ccccn3)[C@H]2c2cccn2-c2cccc(C(=O)O)c2)ccc1F. The molecule has 2 aromatic carbocycles. The molecule has 1 aliphatic heterocycles. The van der Waals surface area contributed by atoms with E-state index in [0.29, 0.717) is 16.4 Å². The standard InChI is InChI=1S/C26H21FN4O2S/c1-16-14-19(10-11-20(16)27)31-24(23(29-26(31)34)21-8-2-3-12-28-21)22-9-5-13-30(22)18-7-4-6-17(15-18)25(32)33/h2-15,23-24H,1H3,(H,29,34)(H,32,33)/t23-,24+/m0/s1. The predicted octanol–water partition coefficient (Wildman–Crippen LogP) is 5.20. The molecule has 2 aromatic heterocycles. The molecule has 0 unspecified atom stereocenters. The largest absolute Gasteiger partial charge is 0.478 e. The van der Waals surface area contributed by atoms with Crippen molar-refractivity contribution in [2.75, 3.05) is 4.90 Å². The number of thiocarbonyl (C=S) groups is 1. The van der Waals surface area contributed by atoms with E-state index in [1.165, 1.54) is 6.07 Å². The van der Waals surface area contributed by atoms with E-state index in [4.69, 9.17) is 12.2 Å². The van der Waals surface area contributed by atoms with Crippen LogP contribution in [0.1, 0.15) is 39.4 Å². The number of carbonyl (C=O) groups is 1. The molecule has 2 atom stereocenters. The molecule has 0 amide bonds. The number of hydrogen-bond acceptors (Lipinski definition) is 3. The summed E-state index contributed by atoms with van der Waals surface area (Å²) >= 11 is 5.75. The van der Waals surface area contributed by atoms with Gasteiger partial charge in [0.2, 0.25) is 0 Å². The van der Waals surface area contributed by atoms with Gasteiger partial charge in [-0.3, -0.25) is 4.98 Å². The van der Waals surface area contributed by atoms with Gasteiger partial charge in [0, 0.05) is 29.5 Å². The summed E-state index contributed by atoms with van der Waals surface area (Å²) < 4.78 is 16.0. The second-order valence-corrected chi connectivity index (χ2v) is 8.48. The van der Waals surface area contributed by atoms with Gasteiger partial charge >= 0.3 is 5.97 Å².